The van der Waals surface area contributed by atoms with Crippen LogP contribution >= 0.6 is 11.8 Å². The van der Waals surface area contributed by atoms with Crippen molar-refractivity contribution in [2.24, 2.45) is 5.92 Å². The fourth-order valence-corrected chi connectivity index (χ4v) is 4.87. The SMILES string of the molecule is C1CCC2(CC1)CC(SCC1CNC1)CCO2. The summed E-state index contributed by atoms with van der Waals surface area (Å²) in [6, 6.07) is 0. The molecule has 0 bridgehead atoms. The first-order valence-corrected chi connectivity index (χ1v) is 8.37. The highest BCUT2D eigenvalue weighted by molar-refractivity contribution is 7.99. The van der Waals surface area contributed by atoms with Crippen molar-refractivity contribution in [1.29, 1.82) is 0 Å². The average molecular weight is 255 g/mol. The molecule has 0 aromatic heterocycles. The molecule has 0 radical (unpaired) electrons. The van der Waals surface area contributed by atoms with Gasteiger partial charge in [-0.3, -0.25) is 0 Å². The third-order valence-corrected chi connectivity index (χ3v) is 6.18. The molecule has 0 aromatic rings. The zero-order valence-electron chi connectivity index (χ0n) is 10.7. The summed E-state index contributed by atoms with van der Waals surface area (Å²) < 4.78 is 6.16. The number of hydrogen-bond acceptors (Lipinski definition) is 3. The van der Waals surface area contributed by atoms with Gasteiger partial charge in [0.1, 0.15) is 0 Å². The van der Waals surface area contributed by atoms with Gasteiger partial charge in [-0.15, -0.1) is 0 Å². The van der Waals surface area contributed by atoms with Gasteiger partial charge >= 0.3 is 0 Å². The van der Waals surface area contributed by atoms with Gasteiger partial charge in [0.2, 0.25) is 0 Å². The fraction of sp³-hybridized carbons (Fsp3) is 1.00. The van der Waals surface area contributed by atoms with Crippen LogP contribution in [0.15, 0.2) is 0 Å². The Kier molecular flexibility index (Phi) is 3.98. The minimum atomic E-state index is 0.298. The quantitative estimate of drug-likeness (QED) is 0.838. The maximum atomic E-state index is 6.16. The smallest absolute Gasteiger partial charge is 0.0693 e. The molecule has 1 aliphatic carbocycles. The Labute approximate surface area is 109 Å². The van der Waals surface area contributed by atoms with E-state index < -0.39 is 0 Å². The second kappa shape index (κ2) is 5.50. The van der Waals surface area contributed by atoms with Crippen molar-refractivity contribution in [3.05, 3.63) is 0 Å². The van der Waals surface area contributed by atoms with E-state index in [-0.39, 0.29) is 0 Å². The third kappa shape index (κ3) is 2.99. The van der Waals surface area contributed by atoms with E-state index >= 15 is 0 Å². The van der Waals surface area contributed by atoms with E-state index in [0.717, 1.165) is 17.8 Å². The highest BCUT2D eigenvalue weighted by atomic mass is 32.2. The van der Waals surface area contributed by atoms with Gasteiger partial charge in [-0.1, -0.05) is 19.3 Å². The summed E-state index contributed by atoms with van der Waals surface area (Å²) in [5, 5.41) is 4.25. The van der Waals surface area contributed by atoms with E-state index in [4.69, 9.17) is 4.74 Å². The Morgan fingerprint density at radius 3 is 2.71 bits per heavy atom. The molecule has 2 nitrogen and oxygen atoms in total. The average Bonchev–Trinajstić information content (AvgIpc) is 2.28. The predicted octanol–water partition coefficient (Wildman–Crippen LogP) is 2.82. The summed E-state index contributed by atoms with van der Waals surface area (Å²) in [6.07, 6.45) is 9.49. The fourth-order valence-electron chi connectivity index (χ4n) is 3.41. The summed E-state index contributed by atoms with van der Waals surface area (Å²) in [5.41, 5.74) is 0.298. The van der Waals surface area contributed by atoms with Crippen molar-refractivity contribution in [2.75, 3.05) is 25.4 Å². The molecule has 1 spiro atoms. The van der Waals surface area contributed by atoms with Gasteiger partial charge in [0.05, 0.1) is 5.60 Å². The lowest BCUT2D eigenvalue weighted by Crippen LogP contribution is -2.45. The van der Waals surface area contributed by atoms with Gasteiger partial charge in [0, 0.05) is 11.9 Å². The van der Waals surface area contributed by atoms with Crippen LogP contribution in [0.25, 0.3) is 0 Å². The van der Waals surface area contributed by atoms with E-state index in [1.807, 2.05) is 0 Å². The molecule has 0 aromatic carbocycles. The Morgan fingerprint density at radius 2 is 2.00 bits per heavy atom. The molecular formula is C14H25NOS. The van der Waals surface area contributed by atoms with E-state index in [2.05, 4.69) is 17.1 Å². The Bertz CT molecular complexity index is 243. The topological polar surface area (TPSA) is 21.3 Å². The Morgan fingerprint density at radius 1 is 1.18 bits per heavy atom. The first-order chi connectivity index (χ1) is 8.36. The Balaban J connectivity index is 1.48. The van der Waals surface area contributed by atoms with Crippen LogP contribution in [0, 0.1) is 5.92 Å². The molecule has 3 aliphatic rings. The number of ether oxygens (including phenoxy) is 1. The minimum absolute atomic E-state index is 0.298. The molecule has 1 atom stereocenters. The normalized spacial score (nSPS) is 33.5. The van der Waals surface area contributed by atoms with Crippen molar-refractivity contribution >= 4 is 11.8 Å². The van der Waals surface area contributed by atoms with Gasteiger partial charge in [-0.05, 0) is 50.4 Å². The van der Waals surface area contributed by atoms with Crippen LogP contribution in [0.1, 0.15) is 44.9 Å². The molecule has 2 saturated heterocycles. The van der Waals surface area contributed by atoms with Gasteiger partial charge < -0.3 is 10.1 Å². The van der Waals surface area contributed by atoms with Crippen molar-refractivity contribution in [3.8, 4) is 0 Å². The molecule has 1 saturated carbocycles. The summed E-state index contributed by atoms with van der Waals surface area (Å²) in [4.78, 5) is 0. The molecule has 1 N–H and O–H groups in total. The molecule has 0 amide bonds. The van der Waals surface area contributed by atoms with Crippen LogP contribution in [0.5, 0.6) is 0 Å². The molecule has 98 valence electrons. The van der Waals surface area contributed by atoms with E-state index in [1.54, 1.807) is 0 Å². The van der Waals surface area contributed by atoms with Gasteiger partial charge in [0.25, 0.3) is 0 Å². The lowest BCUT2D eigenvalue weighted by atomic mass is 9.80. The molecular weight excluding hydrogens is 230 g/mol. The summed E-state index contributed by atoms with van der Waals surface area (Å²) in [5.74, 6) is 2.32. The van der Waals surface area contributed by atoms with E-state index in [9.17, 15) is 0 Å². The molecule has 1 unspecified atom stereocenters. The molecule has 2 heterocycles. The standard InChI is InChI=1S/C14H25NOS/c1-2-5-14(6-3-1)8-13(4-7-16-14)17-11-12-9-15-10-12/h12-13,15H,1-11H2. The monoisotopic (exact) mass is 255 g/mol. The maximum Gasteiger partial charge on any atom is 0.0693 e. The number of thioether (sulfide) groups is 1. The highest BCUT2D eigenvalue weighted by Crippen LogP contribution is 2.42. The summed E-state index contributed by atoms with van der Waals surface area (Å²) >= 11 is 2.23. The van der Waals surface area contributed by atoms with Crippen molar-refractivity contribution in [3.63, 3.8) is 0 Å². The molecule has 17 heavy (non-hydrogen) atoms. The number of rotatable bonds is 3. The van der Waals surface area contributed by atoms with E-state index in [0.29, 0.717) is 5.60 Å². The minimum Gasteiger partial charge on any atom is -0.375 e. The van der Waals surface area contributed by atoms with Crippen molar-refractivity contribution in [1.82, 2.24) is 5.32 Å². The summed E-state index contributed by atoms with van der Waals surface area (Å²) in [6.45, 7) is 3.52. The molecule has 3 heteroatoms. The molecule has 3 fully saturated rings. The van der Waals surface area contributed by atoms with Gasteiger partial charge in [0.15, 0.2) is 0 Å². The largest absolute Gasteiger partial charge is 0.375 e. The summed E-state index contributed by atoms with van der Waals surface area (Å²) in [7, 11) is 0. The zero-order chi connectivity index (χ0) is 11.6. The maximum absolute atomic E-state index is 6.16. The van der Waals surface area contributed by atoms with Crippen LogP contribution in [0.4, 0.5) is 0 Å². The molecule has 2 aliphatic heterocycles. The lowest BCUT2D eigenvalue weighted by Gasteiger charge is -2.43. The van der Waals surface area contributed by atoms with Crippen molar-refractivity contribution < 1.29 is 4.74 Å². The highest BCUT2D eigenvalue weighted by Gasteiger charge is 2.38. The first-order valence-electron chi connectivity index (χ1n) is 7.33. The van der Waals surface area contributed by atoms with Crippen LogP contribution in [0.3, 0.4) is 0 Å². The van der Waals surface area contributed by atoms with Crippen LogP contribution < -0.4 is 5.32 Å². The van der Waals surface area contributed by atoms with Crippen LogP contribution in [-0.4, -0.2) is 36.3 Å². The van der Waals surface area contributed by atoms with Crippen LogP contribution in [0.2, 0.25) is 0 Å². The second-order valence-electron chi connectivity index (χ2n) is 6.06. The third-order valence-electron chi connectivity index (χ3n) is 4.65. The van der Waals surface area contributed by atoms with Crippen molar-refractivity contribution in [2.45, 2.75) is 55.8 Å². The number of nitrogens with one attached hydrogen (secondary N) is 1. The number of hydrogen-bond donors (Lipinski definition) is 1. The first kappa shape index (κ1) is 12.3. The zero-order valence-corrected chi connectivity index (χ0v) is 11.6. The second-order valence-corrected chi connectivity index (χ2v) is 7.40. The van der Waals surface area contributed by atoms with Gasteiger partial charge in [-0.2, -0.15) is 11.8 Å². The van der Waals surface area contributed by atoms with Crippen LogP contribution in [-0.2, 0) is 4.74 Å². The predicted molar refractivity (Wildman–Crippen MR) is 73.6 cm³/mol. The van der Waals surface area contributed by atoms with E-state index in [1.165, 1.54) is 63.8 Å². The van der Waals surface area contributed by atoms with Gasteiger partial charge in [-0.25, -0.2) is 0 Å². The molecule has 3 rings (SSSR count). The Hall–Kier alpha value is 0.270. The lowest BCUT2D eigenvalue weighted by molar-refractivity contribution is -0.0971.